The fourth-order valence-electron chi connectivity index (χ4n) is 6.23. The highest BCUT2D eigenvalue weighted by Crippen LogP contribution is 2.25. The van der Waals surface area contributed by atoms with Crippen LogP contribution < -0.4 is 0 Å². The summed E-state index contributed by atoms with van der Waals surface area (Å²) in [5, 5.41) is 0. The van der Waals surface area contributed by atoms with Crippen LogP contribution in [0.1, 0.15) is 181 Å². The zero-order chi connectivity index (χ0) is 41.0. The van der Waals surface area contributed by atoms with Gasteiger partial charge in [-0.1, -0.05) is 104 Å². The van der Waals surface area contributed by atoms with Crippen LogP contribution in [0.25, 0.3) is 0 Å². The van der Waals surface area contributed by atoms with Crippen molar-refractivity contribution in [2.24, 2.45) is 0 Å². The van der Waals surface area contributed by atoms with Crippen LogP contribution in [0.4, 0.5) is 17.6 Å². The van der Waals surface area contributed by atoms with Crippen molar-refractivity contribution in [1.29, 1.82) is 0 Å². The van der Waals surface area contributed by atoms with Gasteiger partial charge in [0, 0.05) is 45.2 Å². The molecule has 0 rings (SSSR count). The van der Waals surface area contributed by atoms with Gasteiger partial charge in [0.15, 0.2) is 0 Å². The standard InChI is InChI=1S/C44H78F4N2O5/c1-5-7-9-15-21-31-43(45,46)33-26-38-54-41(52)29-19-13-11-17-23-36-50(40(51)28-25-35-49(3)4)37-24-18-12-14-20-30-42(53)55-39-27-34-44(47,48)32-22-16-10-8-6-2/h26-27,33-34H,5-25,28-32,35-39H2,1-4H3/b33-26-,34-27-. The summed E-state index contributed by atoms with van der Waals surface area (Å²) in [4.78, 5) is 41.1. The lowest BCUT2D eigenvalue weighted by Gasteiger charge is -2.23. The predicted octanol–water partition coefficient (Wildman–Crippen LogP) is 12.0. The number of ether oxygens (including phenoxy) is 2. The Morgan fingerprint density at radius 2 is 0.873 bits per heavy atom. The van der Waals surface area contributed by atoms with Gasteiger partial charge in [0.05, 0.1) is 0 Å². The van der Waals surface area contributed by atoms with Crippen LogP contribution in [0, 0.1) is 0 Å². The van der Waals surface area contributed by atoms with Crippen LogP contribution in [0.2, 0.25) is 0 Å². The molecule has 0 N–H and O–H groups in total. The third-order valence-corrected chi connectivity index (χ3v) is 9.60. The monoisotopic (exact) mass is 791 g/mol. The van der Waals surface area contributed by atoms with Crippen molar-refractivity contribution in [3.63, 3.8) is 0 Å². The molecule has 0 atom stereocenters. The van der Waals surface area contributed by atoms with Gasteiger partial charge in [-0.25, -0.2) is 17.6 Å². The number of amides is 1. The first-order valence-electron chi connectivity index (χ1n) is 21.7. The Hall–Kier alpha value is -2.43. The van der Waals surface area contributed by atoms with Crippen LogP contribution in [0.3, 0.4) is 0 Å². The summed E-state index contributed by atoms with van der Waals surface area (Å²) in [5.41, 5.74) is 0. The first kappa shape index (κ1) is 52.6. The molecule has 0 bridgehead atoms. The predicted molar refractivity (Wildman–Crippen MR) is 217 cm³/mol. The van der Waals surface area contributed by atoms with Crippen LogP contribution in [-0.2, 0) is 23.9 Å². The van der Waals surface area contributed by atoms with E-state index in [1.54, 1.807) is 0 Å². The molecule has 0 aliphatic carbocycles. The van der Waals surface area contributed by atoms with Gasteiger partial charge in [0.2, 0.25) is 5.91 Å². The first-order chi connectivity index (χ1) is 26.3. The molecule has 0 aromatic carbocycles. The van der Waals surface area contributed by atoms with E-state index in [0.29, 0.717) is 45.2 Å². The van der Waals surface area contributed by atoms with Crippen LogP contribution in [0.15, 0.2) is 24.3 Å². The summed E-state index contributed by atoms with van der Waals surface area (Å²) >= 11 is 0. The summed E-state index contributed by atoms with van der Waals surface area (Å²) in [7, 11) is 3.99. The van der Waals surface area contributed by atoms with Gasteiger partial charge in [0.25, 0.3) is 11.8 Å². The molecule has 0 aromatic rings. The number of hydrogen-bond donors (Lipinski definition) is 0. The molecule has 7 nitrogen and oxygen atoms in total. The molecule has 0 aliphatic heterocycles. The lowest BCUT2D eigenvalue weighted by atomic mass is 10.1. The molecular weight excluding hydrogens is 712 g/mol. The van der Waals surface area contributed by atoms with Gasteiger partial charge in [0.1, 0.15) is 13.2 Å². The molecular formula is C44H78F4N2O5. The third-order valence-electron chi connectivity index (χ3n) is 9.60. The number of carbonyl (C=O) groups excluding carboxylic acids is 3. The maximum Gasteiger partial charge on any atom is 0.306 e. The van der Waals surface area contributed by atoms with Crippen LogP contribution in [-0.4, -0.2) is 86.4 Å². The van der Waals surface area contributed by atoms with E-state index < -0.39 is 11.8 Å². The molecule has 0 unspecified atom stereocenters. The van der Waals surface area contributed by atoms with E-state index in [0.717, 1.165) is 128 Å². The molecule has 0 aromatic heterocycles. The van der Waals surface area contributed by atoms with Gasteiger partial charge >= 0.3 is 11.9 Å². The van der Waals surface area contributed by atoms with E-state index in [-0.39, 0.29) is 56.7 Å². The normalized spacial score (nSPS) is 12.3. The van der Waals surface area contributed by atoms with E-state index in [4.69, 9.17) is 9.47 Å². The zero-order valence-electron chi connectivity index (χ0n) is 35.2. The van der Waals surface area contributed by atoms with E-state index in [1.165, 1.54) is 12.2 Å². The zero-order valence-corrected chi connectivity index (χ0v) is 35.2. The lowest BCUT2D eigenvalue weighted by Crippen LogP contribution is -2.33. The molecule has 0 saturated carbocycles. The summed E-state index contributed by atoms with van der Waals surface area (Å²) in [6.07, 6.45) is 23.1. The minimum absolute atomic E-state index is 0.137. The maximum absolute atomic E-state index is 13.9. The Morgan fingerprint density at radius 3 is 1.29 bits per heavy atom. The fraction of sp³-hybridized carbons (Fsp3) is 0.841. The molecule has 55 heavy (non-hydrogen) atoms. The Balaban J connectivity index is 4.24. The number of halogens is 4. The molecule has 0 radical (unpaired) electrons. The molecule has 0 fully saturated rings. The average molecular weight is 791 g/mol. The third kappa shape index (κ3) is 35.7. The summed E-state index contributed by atoms with van der Waals surface area (Å²) in [6.45, 7) is 6.16. The molecule has 0 saturated heterocycles. The maximum atomic E-state index is 13.9. The lowest BCUT2D eigenvalue weighted by molar-refractivity contribution is -0.143. The van der Waals surface area contributed by atoms with Crippen molar-refractivity contribution in [2.75, 3.05) is 46.9 Å². The van der Waals surface area contributed by atoms with Gasteiger partial charge in [-0.3, -0.25) is 14.4 Å². The minimum Gasteiger partial charge on any atom is -0.461 e. The highest BCUT2D eigenvalue weighted by Gasteiger charge is 2.24. The molecule has 0 aliphatic rings. The van der Waals surface area contributed by atoms with Crippen molar-refractivity contribution in [1.82, 2.24) is 9.80 Å². The van der Waals surface area contributed by atoms with E-state index >= 15 is 0 Å². The molecule has 0 spiro atoms. The second kappa shape index (κ2) is 34.8. The molecule has 322 valence electrons. The Bertz CT molecular complexity index is 956. The molecule has 1 amide bonds. The Morgan fingerprint density at radius 1 is 0.491 bits per heavy atom. The van der Waals surface area contributed by atoms with E-state index in [9.17, 15) is 31.9 Å². The number of alkyl halides is 4. The number of carbonyl (C=O) groups is 3. The number of esters is 2. The summed E-state index contributed by atoms with van der Waals surface area (Å²) < 4.78 is 66.0. The van der Waals surface area contributed by atoms with Crippen molar-refractivity contribution < 1.29 is 41.4 Å². The van der Waals surface area contributed by atoms with Gasteiger partial charge in [-0.2, -0.15) is 0 Å². The van der Waals surface area contributed by atoms with Crippen molar-refractivity contribution in [3.8, 4) is 0 Å². The average Bonchev–Trinajstić information content (AvgIpc) is 3.13. The second-order valence-electron chi connectivity index (χ2n) is 15.3. The summed E-state index contributed by atoms with van der Waals surface area (Å²) in [5.74, 6) is -6.32. The topological polar surface area (TPSA) is 76.1 Å². The van der Waals surface area contributed by atoms with Gasteiger partial charge in [-0.05, 0) is 89.9 Å². The highest BCUT2D eigenvalue weighted by atomic mass is 19.3. The van der Waals surface area contributed by atoms with E-state index in [2.05, 4.69) is 18.7 Å². The van der Waals surface area contributed by atoms with Gasteiger partial charge in [-0.15, -0.1) is 0 Å². The largest absolute Gasteiger partial charge is 0.461 e. The Kier molecular flexibility index (Phi) is 33.3. The smallest absolute Gasteiger partial charge is 0.306 e. The highest BCUT2D eigenvalue weighted by molar-refractivity contribution is 5.76. The molecule has 11 heteroatoms. The number of unbranched alkanes of at least 4 members (excludes halogenated alkanes) is 16. The minimum atomic E-state index is -2.87. The first-order valence-corrected chi connectivity index (χ1v) is 21.7. The Labute approximate surface area is 332 Å². The number of hydrogen-bond acceptors (Lipinski definition) is 6. The van der Waals surface area contributed by atoms with E-state index in [1.807, 2.05) is 19.0 Å². The quantitative estimate of drug-likeness (QED) is 0.0268. The van der Waals surface area contributed by atoms with Crippen LogP contribution >= 0.6 is 0 Å². The van der Waals surface area contributed by atoms with Gasteiger partial charge < -0.3 is 19.3 Å². The summed E-state index contributed by atoms with van der Waals surface area (Å²) in [6, 6.07) is 0. The van der Waals surface area contributed by atoms with Crippen molar-refractivity contribution >= 4 is 17.8 Å². The second-order valence-corrected chi connectivity index (χ2v) is 15.3. The number of rotatable bonds is 38. The molecule has 0 heterocycles. The fourth-order valence-corrected chi connectivity index (χ4v) is 6.23. The number of nitrogens with zero attached hydrogens (tertiary/aromatic N) is 2. The van der Waals surface area contributed by atoms with Crippen molar-refractivity contribution in [2.45, 2.75) is 193 Å². The SMILES string of the molecule is CCCCCCCC(F)(F)/C=C\COC(=O)CCCCCCCN(CCCCCCCC(=O)OC/C=C\C(F)(F)CCCCCCC)C(=O)CCCN(C)C. The number of allylic oxidation sites excluding steroid dienone is 2. The van der Waals surface area contributed by atoms with Crippen LogP contribution in [0.5, 0.6) is 0 Å². The van der Waals surface area contributed by atoms with Crippen molar-refractivity contribution in [3.05, 3.63) is 24.3 Å².